The van der Waals surface area contributed by atoms with Gasteiger partial charge in [-0.3, -0.25) is 9.89 Å². The highest BCUT2D eigenvalue weighted by Crippen LogP contribution is 2.23. The maximum Gasteiger partial charge on any atom is 0.275 e. The zero-order valence-corrected chi connectivity index (χ0v) is 10.6. The second-order valence-corrected chi connectivity index (χ2v) is 5.48. The number of hydrogen-bond acceptors (Lipinski definition) is 2. The smallest absolute Gasteiger partial charge is 0.275 e. The second kappa shape index (κ2) is 4.27. The number of thioether (sulfide) groups is 1. The minimum absolute atomic E-state index is 0.0281. The minimum atomic E-state index is 0.0281. The van der Waals surface area contributed by atoms with Gasteiger partial charge in [-0.15, -0.1) is 0 Å². The minimum Gasteiger partial charge on any atom is -0.295 e. The first-order valence-electron chi connectivity index (χ1n) is 5.43. The number of aromatic amines is 1. The number of aryl methyl sites for hydroxylation is 1. The van der Waals surface area contributed by atoms with Gasteiger partial charge in [0.05, 0.1) is 10.7 Å². The first-order chi connectivity index (χ1) is 8.27. The average Bonchev–Trinajstić information content (AvgIpc) is 2.68. The summed E-state index contributed by atoms with van der Waals surface area (Å²) in [4.78, 5) is 12.2. The quantitative estimate of drug-likeness (QED) is 0.862. The Kier molecular flexibility index (Phi) is 2.76. The number of benzene rings is 1. The molecule has 0 fully saturated rings. The SMILES string of the molecule is O=c1c2c([nH]n1-c1ccccc1Cl)CCSC2. The lowest BCUT2D eigenvalue weighted by atomic mass is 10.2. The Labute approximate surface area is 108 Å². The van der Waals surface area contributed by atoms with Gasteiger partial charge in [-0.1, -0.05) is 23.7 Å². The van der Waals surface area contributed by atoms with Crippen LogP contribution in [0.4, 0.5) is 0 Å². The van der Waals surface area contributed by atoms with E-state index in [2.05, 4.69) is 5.10 Å². The van der Waals surface area contributed by atoms with E-state index in [1.807, 2.05) is 18.2 Å². The van der Waals surface area contributed by atoms with Crippen molar-refractivity contribution >= 4 is 23.4 Å². The molecule has 0 amide bonds. The number of para-hydroxylation sites is 1. The fourth-order valence-corrected chi connectivity index (χ4v) is 3.24. The summed E-state index contributed by atoms with van der Waals surface area (Å²) in [6, 6.07) is 7.37. The maximum absolute atomic E-state index is 12.2. The van der Waals surface area contributed by atoms with Crippen LogP contribution in [0.5, 0.6) is 0 Å². The number of rotatable bonds is 1. The van der Waals surface area contributed by atoms with Crippen molar-refractivity contribution in [3.63, 3.8) is 0 Å². The zero-order chi connectivity index (χ0) is 11.8. The molecule has 1 aromatic carbocycles. The number of hydrogen-bond donors (Lipinski definition) is 1. The molecule has 0 saturated carbocycles. The molecule has 0 saturated heterocycles. The Morgan fingerprint density at radius 2 is 2.18 bits per heavy atom. The first kappa shape index (κ1) is 11.0. The van der Waals surface area contributed by atoms with Gasteiger partial charge in [-0.25, -0.2) is 4.68 Å². The third-order valence-corrected chi connectivity index (χ3v) is 4.21. The Bertz CT molecular complexity index is 617. The molecule has 3 rings (SSSR count). The molecule has 17 heavy (non-hydrogen) atoms. The number of nitrogens with one attached hydrogen (secondary N) is 1. The van der Waals surface area contributed by atoms with Crippen LogP contribution in [-0.4, -0.2) is 15.5 Å². The summed E-state index contributed by atoms with van der Waals surface area (Å²) >= 11 is 7.91. The van der Waals surface area contributed by atoms with Gasteiger partial charge in [0.2, 0.25) is 0 Å². The summed E-state index contributed by atoms with van der Waals surface area (Å²) in [5.41, 5.74) is 2.69. The van der Waals surface area contributed by atoms with E-state index < -0.39 is 0 Å². The standard InChI is InChI=1S/C12H11ClN2OS/c13-9-3-1-2-4-11(9)15-12(16)8-7-17-6-5-10(8)14-15/h1-4,14H,5-7H2. The van der Waals surface area contributed by atoms with Crippen LogP contribution < -0.4 is 5.56 Å². The molecule has 5 heteroatoms. The molecule has 0 bridgehead atoms. The molecule has 3 nitrogen and oxygen atoms in total. The van der Waals surface area contributed by atoms with Crippen LogP contribution in [0.3, 0.4) is 0 Å². The highest BCUT2D eigenvalue weighted by Gasteiger charge is 2.19. The number of H-pyrrole nitrogens is 1. The third-order valence-electron chi connectivity index (χ3n) is 2.91. The van der Waals surface area contributed by atoms with Crippen molar-refractivity contribution in [1.29, 1.82) is 0 Å². The van der Waals surface area contributed by atoms with Crippen molar-refractivity contribution in [2.75, 3.05) is 5.75 Å². The lowest BCUT2D eigenvalue weighted by Crippen LogP contribution is -2.17. The van der Waals surface area contributed by atoms with Gasteiger partial charge >= 0.3 is 0 Å². The Morgan fingerprint density at radius 1 is 1.35 bits per heavy atom. The molecule has 1 aliphatic rings. The van der Waals surface area contributed by atoms with E-state index in [4.69, 9.17) is 11.6 Å². The van der Waals surface area contributed by atoms with Gasteiger partial charge in [0.15, 0.2) is 0 Å². The summed E-state index contributed by atoms with van der Waals surface area (Å²) < 4.78 is 1.55. The van der Waals surface area contributed by atoms with Crippen molar-refractivity contribution in [3.05, 3.63) is 50.9 Å². The molecule has 0 radical (unpaired) electrons. The van der Waals surface area contributed by atoms with E-state index in [9.17, 15) is 4.79 Å². The molecule has 0 atom stereocenters. The van der Waals surface area contributed by atoms with E-state index in [0.717, 1.165) is 34.9 Å². The van der Waals surface area contributed by atoms with Crippen molar-refractivity contribution in [3.8, 4) is 5.69 Å². The highest BCUT2D eigenvalue weighted by atomic mass is 35.5. The maximum atomic E-state index is 12.2. The molecule has 2 aromatic rings. The van der Waals surface area contributed by atoms with Crippen molar-refractivity contribution in [2.45, 2.75) is 12.2 Å². The largest absolute Gasteiger partial charge is 0.295 e. The number of halogens is 1. The highest BCUT2D eigenvalue weighted by molar-refractivity contribution is 7.98. The molecule has 2 heterocycles. The van der Waals surface area contributed by atoms with Crippen LogP contribution in [0.25, 0.3) is 5.69 Å². The summed E-state index contributed by atoms with van der Waals surface area (Å²) in [6.07, 6.45) is 0.923. The van der Waals surface area contributed by atoms with Crippen LogP contribution in [0, 0.1) is 0 Å². The zero-order valence-electron chi connectivity index (χ0n) is 9.07. The molecule has 88 valence electrons. The number of aromatic nitrogens is 2. The Morgan fingerprint density at radius 3 is 2.94 bits per heavy atom. The summed E-state index contributed by atoms with van der Waals surface area (Å²) in [6.45, 7) is 0. The van der Waals surface area contributed by atoms with Gasteiger partial charge in [0, 0.05) is 17.0 Å². The van der Waals surface area contributed by atoms with Gasteiger partial charge < -0.3 is 0 Å². The summed E-state index contributed by atoms with van der Waals surface area (Å²) in [5.74, 6) is 1.86. The van der Waals surface area contributed by atoms with E-state index in [0.29, 0.717) is 5.02 Å². The average molecular weight is 267 g/mol. The Balaban J connectivity index is 2.20. The monoisotopic (exact) mass is 266 g/mol. The van der Waals surface area contributed by atoms with Crippen LogP contribution in [0.15, 0.2) is 29.1 Å². The van der Waals surface area contributed by atoms with Crippen molar-refractivity contribution < 1.29 is 0 Å². The molecule has 0 unspecified atom stereocenters. The molecule has 0 aliphatic carbocycles. The molecule has 1 aliphatic heterocycles. The fraction of sp³-hybridized carbons (Fsp3) is 0.250. The van der Waals surface area contributed by atoms with Crippen molar-refractivity contribution in [2.24, 2.45) is 0 Å². The molecular weight excluding hydrogens is 256 g/mol. The Hall–Kier alpha value is -1.13. The normalized spacial score (nSPS) is 14.6. The predicted molar refractivity (Wildman–Crippen MR) is 71.3 cm³/mol. The molecule has 0 spiro atoms. The number of nitrogens with zero attached hydrogens (tertiary/aromatic N) is 1. The fourth-order valence-electron chi connectivity index (χ4n) is 2.02. The van der Waals surface area contributed by atoms with E-state index in [-0.39, 0.29) is 5.56 Å². The van der Waals surface area contributed by atoms with E-state index >= 15 is 0 Å². The lowest BCUT2D eigenvalue weighted by Gasteiger charge is -2.07. The molecular formula is C12H11ClN2OS. The van der Waals surface area contributed by atoms with E-state index in [1.54, 1.807) is 22.5 Å². The van der Waals surface area contributed by atoms with Crippen molar-refractivity contribution in [1.82, 2.24) is 9.78 Å². The molecule has 1 N–H and O–H groups in total. The van der Waals surface area contributed by atoms with Gasteiger partial charge in [-0.2, -0.15) is 11.8 Å². The van der Waals surface area contributed by atoms with Gasteiger partial charge in [-0.05, 0) is 24.3 Å². The van der Waals surface area contributed by atoms with Crippen LogP contribution in [0.1, 0.15) is 11.3 Å². The first-order valence-corrected chi connectivity index (χ1v) is 6.96. The summed E-state index contributed by atoms with van der Waals surface area (Å²) in [7, 11) is 0. The lowest BCUT2D eigenvalue weighted by molar-refractivity contribution is 0.821. The predicted octanol–water partition coefficient (Wildman–Crippen LogP) is 2.61. The second-order valence-electron chi connectivity index (χ2n) is 3.96. The van der Waals surface area contributed by atoms with Crippen LogP contribution >= 0.6 is 23.4 Å². The third kappa shape index (κ3) is 1.81. The topological polar surface area (TPSA) is 37.8 Å². The number of fused-ring (bicyclic) bond motifs is 1. The van der Waals surface area contributed by atoms with Crippen LogP contribution in [0.2, 0.25) is 5.02 Å². The van der Waals surface area contributed by atoms with Gasteiger partial charge in [0.25, 0.3) is 5.56 Å². The summed E-state index contributed by atoms with van der Waals surface area (Å²) in [5, 5.41) is 3.75. The van der Waals surface area contributed by atoms with Crippen LogP contribution in [-0.2, 0) is 12.2 Å². The molecule has 1 aromatic heterocycles. The van der Waals surface area contributed by atoms with E-state index in [1.165, 1.54) is 0 Å². The van der Waals surface area contributed by atoms with Gasteiger partial charge in [0.1, 0.15) is 0 Å².